The van der Waals surface area contributed by atoms with Gasteiger partial charge in [0.05, 0.1) is 5.56 Å². The summed E-state index contributed by atoms with van der Waals surface area (Å²) >= 11 is 0. The molecule has 0 aromatic carbocycles. The van der Waals surface area contributed by atoms with Gasteiger partial charge in [-0.15, -0.1) is 6.42 Å². The molecule has 60 valence electrons. The first-order valence-electron chi connectivity index (χ1n) is 3.21. The molecule has 0 aliphatic heterocycles. The summed E-state index contributed by atoms with van der Waals surface area (Å²) in [4.78, 5) is 17.7. The fraction of sp³-hybridized carbons (Fsp3) is 0.125. The second kappa shape index (κ2) is 3.49. The minimum absolute atomic E-state index is 0.176. The number of carbonyl (C=O) groups is 1. The molecule has 0 bridgehead atoms. The maximum atomic E-state index is 10.2. The molecule has 0 aliphatic carbocycles. The van der Waals surface area contributed by atoms with Crippen molar-refractivity contribution in [1.82, 2.24) is 9.97 Å². The highest BCUT2D eigenvalue weighted by molar-refractivity contribution is 5.68. The largest absolute Gasteiger partial charge is 0.481 e. The molecule has 4 heteroatoms. The van der Waals surface area contributed by atoms with Gasteiger partial charge >= 0.3 is 5.97 Å². The van der Waals surface area contributed by atoms with E-state index in [1.807, 2.05) is 0 Å². The zero-order chi connectivity index (χ0) is 8.97. The minimum Gasteiger partial charge on any atom is -0.481 e. The van der Waals surface area contributed by atoms with Crippen molar-refractivity contribution < 1.29 is 9.90 Å². The topological polar surface area (TPSA) is 63.1 Å². The first kappa shape index (κ1) is 8.21. The van der Waals surface area contributed by atoms with Gasteiger partial charge in [-0.05, 0) is 0 Å². The van der Waals surface area contributed by atoms with Crippen molar-refractivity contribution in [3.63, 3.8) is 0 Å². The summed E-state index contributed by atoms with van der Waals surface area (Å²) in [5.74, 6) is 1.65. The molecule has 1 heterocycles. The van der Waals surface area contributed by atoms with Crippen LogP contribution < -0.4 is 0 Å². The Kier molecular flexibility index (Phi) is 2.38. The molecule has 0 spiro atoms. The van der Waals surface area contributed by atoms with Crippen LogP contribution in [-0.4, -0.2) is 21.0 Å². The standard InChI is InChI=1S/C8H6N2O2/c1-2-6-4-9-7(10-5-6)3-8(11)12/h1,4-5H,3H2,(H,11,12). The van der Waals surface area contributed by atoms with Crippen molar-refractivity contribution in [3.05, 3.63) is 23.8 Å². The van der Waals surface area contributed by atoms with Crippen LogP contribution in [0.5, 0.6) is 0 Å². The Morgan fingerprint density at radius 2 is 2.17 bits per heavy atom. The Morgan fingerprint density at radius 1 is 1.58 bits per heavy atom. The molecule has 0 saturated carbocycles. The number of aliphatic carboxylic acids is 1. The molecule has 1 aromatic rings. The van der Waals surface area contributed by atoms with Crippen LogP contribution >= 0.6 is 0 Å². The Balaban J connectivity index is 2.80. The van der Waals surface area contributed by atoms with E-state index in [1.54, 1.807) is 0 Å². The van der Waals surface area contributed by atoms with Crippen molar-refractivity contribution >= 4 is 5.97 Å². The summed E-state index contributed by atoms with van der Waals surface area (Å²) in [6.07, 6.45) is 7.72. The average Bonchev–Trinajstić information content (AvgIpc) is 2.05. The van der Waals surface area contributed by atoms with Gasteiger partial charge in [0.2, 0.25) is 0 Å². The molecule has 0 unspecified atom stereocenters. The van der Waals surface area contributed by atoms with Gasteiger partial charge in [0.1, 0.15) is 12.2 Å². The van der Waals surface area contributed by atoms with E-state index in [1.165, 1.54) is 12.4 Å². The Labute approximate surface area is 69.3 Å². The van der Waals surface area contributed by atoms with Gasteiger partial charge in [-0.2, -0.15) is 0 Å². The van der Waals surface area contributed by atoms with Crippen LogP contribution in [-0.2, 0) is 11.2 Å². The van der Waals surface area contributed by atoms with Crippen molar-refractivity contribution in [2.24, 2.45) is 0 Å². The number of carboxylic acids is 1. The second-order valence-electron chi connectivity index (χ2n) is 2.10. The lowest BCUT2D eigenvalue weighted by molar-refractivity contribution is -0.136. The predicted molar refractivity (Wildman–Crippen MR) is 41.3 cm³/mol. The third-order valence-corrected chi connectivity index (χ3v) is 1.18. The number of terminal acetylenes is 1. The molecule has 0 aliphatic rings. The van der Waals surface area contributed by atoms with E-state index in [4.69, 9.17) is 11.5 Å². The van der Waals surface area contributed by atoms with Crippen LogP contribution in [0.25, 0.3) is 0 Å². The quantitative estimate of drug-likeness (QED) is 0.626. The highest BCUT2D eigenvalue weighted by Gasteiger charge is 2.01. The van der Waals surface area contributed by atoms with Crippen LogP contribution in [0.2, 0.25) is 0 Å². The van der Waals surface area contributed by atoms with Gasteiger partial charge in [-0.3, -0.25) is 4.79 Å². The van der Waals surface area contributed by atoms with Gasteiger partial charge in [-0.25, -0.2) is 9.97 Å². The monoisotopic (exact) mass is 162 g/mol. The summed E-state index contributed by atoms with van der Waals surface area (Å²) in [5.41, 5.74) is 0.545. The van der Waals surface area contributed by atoms with Crippen molar-refractivity contribution in [2.75, 3.05) is 0 Å². The van der Waals surface area contributed by atoms with Gasteiger partial charge in [0.25, 0.3) is 0 Å². The number of rotatable bonds is 2. The molecule has 12 heavy (non-hydrogen) atoms. The fourth-order valence-corrected chi connectivity index (χ4v) is 0.656. The molecule has 1 rings (SSSR count). The first-order valence-corrected chi connectivity index (χ1v) is 3.21. The summed E-state index contributed by atoms with van der Waals surface area (Å²) < 4.78 is 0. The van der Waals surface area contributed by atoms with E-state index in [9.17, 15) is 4.79 Å². The second-order valence-corrected chi connectivity index (χ2v) is 2.10. The molecule has 0 amide bonds. The van der Waals surface area contributed by atoms with Gasteiger partial charge < -0.3 is 5.11 Å². The van der Waals surface area contributed by atoms with Crippen LogP contribution in [0.4, 0.5) is 0 Å². The summed E-state index contributed by atoms with van der Waals surface area (Å²) in [6.45, 7) is 0. The zero-order valence-corrected chi connectivity index (χ0v) is 6.19. The lowest BCUT2D eigenvalue weighted by Crippen LogP contribution is -2.04. The smallest absolute Gasteiger partial charge is 0.311 e. The van der Waals surface area contributed by atoms with E-state index in [0.29, 0.717) is 5.56 Å². The molecular formula is C8H6N2O2. The molecule has 4 nitrogen and oxygen atoms in total. The minimum atomic E-state index is -0.955. The van der Waals surface area contributed by atoms with Gasteiger partial charge in [-0.1, -0.05) is 5.92 Å². The van der Waals surface area contributed by atoms with Crippen molar-refractivity contribution in [2.45, 2.75) is 6.42 Å². The maximum Gasteiger partial charge on any atom is 0.311 e. The van der Waals surface area contributed by atoms with Gasteiger partial charge in [0, 0.05) is 12.4 Å². The van der Waals surface area contributed by atoms with E-state index >= 15 is 0 Å². The molecule has 0 fully saturated rings. The SMILES string of the molecule is C#Cc1cnc(CC(=O)O)nc1. The molecule has 1 N–H and O–H groups in total. The lowest BCUT2D eigenvalue weighted by atomic mass is 10.3. The Hall–Kier alpha value is -1.89. The van der Waals surface area contributed by atoms with Crippen LogP contribution in [0, 0.1) is 12.3 Å². The number of aromatic nitrogens is 2. The van der Waals surface area contributed by atoms with E-state index in [2.05, 4.69) is 15.9 Å². The highest BCUT2D eigenvalue weighted by Crippen LogP contribution is 1.94. The summed E-state index contributed by atoms with van der Waals surface area (Å²) in [6, 6.07) is 0. The third-order valence-electron chi connectivity index (χ3n) is 1.18. The maximum absolute atomic E-state index is 10.2. The molecule has 0 saturated heterocycles. The Morgan fingerprint density at radius 3 is 2.58 bits per heavy atom. The van der Waals surface area contributed by atoms with Crippen molar-refractivity contribution in [1.29, 1.82) is 0 Å². The zero-order valence-electron chi connectivity index (χ0n) is 6.19. The molecule has 0 radical (unpaired) electrons. The lowest BCUT2D eigenvalue weighted by Gasteiger charge is -1.93. The highest BCUT2D eigenvalue weighted by atomic mass is 16.4. The number of hydrogen-bond donors (Lipinski definition) is 1. The average molecular weight is 162 g/mol. The Bertz CT molecular complexity index is 324. The summed E-state index contributed by atoms with van der Waals surface area (Å²) in [5, 5.41) is 8.37. The summed E-state index contributed by atoms with van der Waals surface area (Å²) in [7, 11) is 0. The number of carboxylic acid groups (broad SMARTS) is 1. The molecule has 0 atom stereocenters. The van der Waals surface area contributed by atoms with E-state index in [-0.39, 0.29) is 12.2 Å². The van der Waals surface area contributed by atoms with Crippen molar-refractivity contribution in [3.8, 4) is 12.3 Å². The van der Waals surface area contributed by atoms with Crippen LogP contribution in [0.1, 0.15) is 11.4 Å². The van der Waals surface area contributed by atoms with Crippen LogP contribution in [0.15, 0.2) is 12.4 Å². The predicted octanol–water partition coefficient (Wildman–Crippen LogP) is 0.0850. The van der Waals surface area contributed by atoms with Crippen LogP contribution in [0.3, 0.4) is 0 Å². The van der Waals surface area contributed by atoms with E-state index < -0.39 is 5.97 Å². The third kappa shape index (κ3) is 2.06. The number of nitrogens with zero attached hydrogens (tertiary/aromatic N) is 2. The fourth-order valence-electron chi connectivity index (χ4n) is 0.656. The van der Waals surface area contributed by atoms with E-state index in [0.717, 1.165) is 0 Å². The first-order chi connectivity index (χ1) is 5.72. The molecular weight excluding hydrogens is 156 g/mol. The normalized spacial score (nSPS) is 8.92. The molecule has 1 aromatic heterocycles. The van der Waals surface area contributed by atoms with Gasteiger partial charge in [0.15, 0.2) is 0 Å². The number of hydrogen-bond acceptors (Lipinski definition) is 3.